The Hall–Kier alpha value is -1.32. The second-order valence-corrected chi connectivity index (χ2v) is 4.17. The molecule has 0 aliphatic heterocycles. The number of nitrogens with zero attached hydrogens (tertiary/aromatic N) is 3. The molecule has 1 aromatic heterocycles. The first-order valence-corrected chi connectivity index (χ1v) is 6.10. The molecule has 0 radical (unpaired) electrons. The molecular weight excluding hydrogens is 200 g/mol. The molecule has 0 spiro atoms. The maximum atomic E-state index is 4.66. The highest BCUT2D eigenvalue weighted by molar-refractivity contribution is 5.49. The minimum atomic E-state index is 0.600. The topological polar surface area (TPSA) is 41.0 Å². The molecule has 0 atom stereocenters. The zero-order chi connectivity index (χ0) is 11.5. The number of hydrogen-bond acceptors (Lipinski definition) is 4. The summed E-state index contributed by atoms with van der Waals surface area (Å²) in [6, 6.07) is 2.03. The number of nitrogens with one attached hydrogen (secondary N) is 1. The van der Waals surface area contributed by atoms with E-state index in [4.69, 9.17) is 0 Å². The first-order valence-electron chi connectivity index (χ1n) is 6.10. The third-order valence-corrected chi connectivity index (χ3v) is 3.02. The van der Waals surface area contributed by atoms with E-state index in [-0.39, 0.29) is 0 Å². The Morgan fingerprint density at radius 2 is 2.00 bits per heavy atom. The zero-order valence-corrected chi connectivity index (χ0v) is 10.3. The molecule has 4 nitrogen and oxygen atoms in total. The van der Waals surface area contributed by atoms with Crippen molar-refractivity contribution >= 4 is 11.6 Å². The van der Waals surface area contributed by atoms with E-state index in [1.54, 1.807) is 0 Å². The fourth-order valence-electron chi connectivity index (χ4n) is 1.81. The minimum absolute atomic E-state index is 0.600. The molecule has 16 heavy (non-hydrogen) atoms. The van der Waals surface area contributed by atoms with Crippen LogP contribution in [0.2, 0.25) is 0 Å². The van der Waals surface area contributed by atoms with Crippen LogP contribution in [0.15, 0.2) is 6.07 Å². The van der Waals surface area contributed by atoms with Gasteiger partial charge in [0.2, 0.25) is 0 Å². The normalized spacial score (nSPS) is 14.9. The van der Waals surface area contributed by atoms with E-state index in [2.05, 4.69) is 34.0 Å². The van der Waals surface area contributed by atoms with Gasteiger partial charge in [-0.15, -0.1) is 0 Å². The molecule has 0 aromatic carbocycles. The van der Waals surface area contributed by atoms with E-state index in [0.717, 1.165) is 30.5 Å². The lowest BCUT2D eigenvalue weighted by molar-refractivity contribution is 0.821. The minimum Gasteiger partial charge on any atom is -0.373 e. The predicted octanol–water partition coefficient (Wildman–Crippen LogP) is 2.24. The third-order valence-electron chi connectivity index (χ3n) is 3.02. The van der Waals surface area contributed by atoms with Gasteiger partial charge in [-0.1, -0.05) is 0 Å². The highest BCUT2D eigenvalue weighted by Gasteiger charge is 2.27. The summed E-state index contributed by atoms with van der Waals surface area (Å²) in [4.78, 5) is 11.4. The largest absolute Gasteiger partial charge is 0.373 e. The van der Waals surface area contributed by atoms with Crippen molar-refractivity contribution in [2.75, 3.05) is 30.4 Å². The van der Waals surface area contributed by atoms with E-state index in [9.17, 15) is 0 Å². The number of rotatable bonds is 5. The van der Waals surface area contributed by atoms with E-state index in [1.807, 2.05) is 13.1 Å². The Labute approximate surface area is 97.1 Å². The summed E-state index contributed by atoms with van der Waals surface area (Å²) in [5.74, 6) is 3.58. The van der Waals surface area contributed by atoms with Crippen molar-refractivity contribution in [1.82, 2.24) is 9.97 Å². The molecule has 1 aromatic rings. The third kappa shape index (κ3) is 2.26. The van der Waals surface area contributed by atoms with Crippen LogP contribution in [0.25, 0.3) is 0 Å². The molecule has 4 heteroatoms. The number of aromatic nitrogens is 2. The molecule has 1 heterocycles. The van der Waals surface area contributed by atoms with Crippen LogP contribution in [-0.2, 0) is 0 Å². The van der Waals surface area contributed by atoms with Gasteiger partial charge in [0.05, 0.1) is 0 Å². The summed E-state index contributed by atoms with van der Waals surface area (Å²) < 4.78 is 0. The van der Waals surface area contributed by atoms with Crippen LogP contribution in [0.1, 0.15) is 38.4 Å². The second kappa shape index (κ2) is 4.68. The van der Waals surface area contributed by atoms with Crippen molar-refractivity contribution in [2.45, 2.75) is 32.6 Å². The molecule has 1 N–H and O–H groups in total. The molecule has 1 saturated carbocycles. The van der Waals surface area contributed by atoms with E-state index in [1.165, 1.54) is 12.8 Å². The molecule has 0 amide bonds. The Balaban J connectivity index is 2.31. The lowest BCUT2D eigenvalue weighted by atomic mass is 10.3. The fraction of sp³-hybridized carbons (Fsp3) is 0.667. The summed E-state index contributed by atoms with van der Waals surface area (Å²) >= 11 is 0. The predicted molar refractivity (Wildman–Crippen MR) is 67.1 cm³/mol. The summed E-state index contributed by atoms with van der Waals surface area (Å²) in [6.45, 7) is 6.28. The monoisotopic (exact) mass is 220 g/mol. The summed E-state index contributed by atoms with van der Waals surface area (Å²) in [5, 5.41) is 3.12. The van der Waals surface area contributed by atoms with Gasteiger partial charge in [-0.3, -0.25) is 0 Å². The van der Waals surface area contributed by atoms with E-state index in [0.29, 0.717) is 5.92 Å². The fourth-order valence-corrected chi connectivity index (χ4v) is 1.81. The van der Waals surface area contributed by atoms with E-state index >= 15 is 0 Å². The maximum absolute atomic E-state index is 4.66. The molecule has 1 aliphatic rings. The first-order chi connectivity index (χ1) is 7.78. The van der Waals surface area contributed by atoms with Crippen LogP contribution in [0.4, 0.5) is 11.6 Å². The Kier molecular flexibility index (Phi) is 3.27. The quantitative estimate of drug-likeness (QED) is 0.826. The Bertz CT molecular complexity index is 356. The summed E-state index contributed by atoms with van der Waals surface area (Å²) in [5.41, 5.74) is 0. The summed E-state index contributed by atoms with van der Waals surface area (Å²) in [7, 11) is 1.91. The van der Waals surface area contributed by atoms with E-state index < -0.39 is 0 Å². The van der Waals surface area contributed by atoms with Gasteiger partial charge >= 0.3 is 0 Å². The molecule has 1 fully saturated rings. The highest BCUT2D eigenvalue weighted by Crippen LogP contribution is 2.39. The SMILES string of the molecule is CCN(CC)c1cc(NC)nc(C2CC2)n1. The summed E-state index contributed by atoms with van der Waals surface area (Å²) in [6.07, 6.45) is 2.48. The smallest absolute Gasteiger partial charge is 0.136 e. The lowest BCUT2D eigenvalue weighted by Crippen LogP contribution is -2.23. The first kappa shape index (κ1) is 11.2. The molecule has 1 aliphatic carbocycles. The van der Waals surface area contributed by atoms with Gasteiger partial charge in [-0.2, -0.15) is 0 Å². The number of anilines is 2. The van der Waals surface area contributed by atoms with Crippen molar-refractivity contribution < 1.29 is 0 Å². The molecule has 0 bridgehead atoms. The van der Waals surface area contributed by atoms with Crippen molar-refractivity contribution in [3.63, 3.8) is 0 Å². The highest BCUT2D eigenvalue weighted by atomic mass is 15.2. The van der Waals surface area contributed by atoms with Crippen LogP contribution in [-0.4, -0.2) is 30.1 Å². The van der Waals surface area contributed by atoms with Gasteiger partial charge in [0, 0.05) is 32.1 Å². The molecule has 0 saturated heterocycles. The van der Waals surface area contributed by atoms with Crippen LogP contribution < -0.4 is 10.2 Å². The van der Waals surface area contributed by atoms with Crippen LogP contribution in [0.3, 0.4) is 0 Å². The van der Waals surface area contributed by atoms with Gasteiger partial charge < -0.3 is 10.2 Å². The van der Waals surface area contributed by atoms with Crippen LogP contribution in [0.5, 0.6) is 0 Å². The Morgan fingerprint density at radius 3 is 2.50 bits per heavy atom. The van der Waals surface area contributed by atoms with Gasteiger partial charge in [0.1, 0.15) is 17.5 Å². The van der Waals surface area contributed by atoms with Gasteiger partial charge in [-0.25, -0.2) is 9.97 Å². The average molecular weight is 220 g/mol. The lowest BCUT2D eigenvalue weighted by Gasteiger charge is -2.20. The maximum Gasteiger partial charge on any atom is 0.136 e. The van der Waals surface area contributed by atoms with Gasteiger partial charge in [-0.05, 0) is 26.7 Å². The molecule has 2 rings (SSSR count). The van der Waals surface area contributed by atoms with Crippen molar-refractivity contribution in [2.24, 2.45) is 0 Å². The van der Waals surface area contributed by atoms with Crippen molar-refractivity contribution in [3.05, 3.63) is 11.9 Å². The Morgan fingerprint density at radius 1 is 1.31 bits per heavy atom. The second-order valence-electron chi connectivity index (χ2n) is 4.17. The standard InChI is InChI=1S/C12H20N4/c1-4-16(5-2)11-8-10(13-3)14-12(15-11)9-6-7-9/h8-9H,4-7H2,1-3H3,(H,13,14,15). The van der Waals surface area contributed by atoms with Crippen LogP contribution >= 0.6 is 0 Å². The molecule has 88 valence electrons. The van der Waals surface area contributed by atoms with Gasteiger partial charge in [0.15, 0.2) is 0 Å². The van der Waals surface area contributed by atoms with Crippen molar-refractivity contribution in [3.8, 4) is 0 Å². The van der Waals surface area contributed by atoms with Crippen LogP contribution in [0, 0.1) is 0 Å². The zero-order valence-electron chi connectivity index (χ0n) is 10.3. The molecule has 0 unspecified atom stereocenters. The van der Waals surface area contributed by atoms with Gasteiger partial charge in [0.25, 0.3) is 0 Å². The van der Waals surface area contributed by atoms with Crippen molar-refractivity contribution in [1.29, 1.82) is 0 Å². The molecular formula is C12H20N4. The average Bonchev–Trinajstić information content (AvgIpc) is 3.14. The number of hydrogen-bond donors (Lipinski definition) is 1.